The fraction of sp³-hybridized carbons (Fsp3) is 0.667. The van der Waals surface area contributed by atoms with Gasteiger partial charge in [0, 0.05) is 25.6 Å². The minimum Gasteiger partial charge on any atom is -0.369 e. The Balaban J connectivity index is 2.10. The standard InChI is InChI=1S/C15H23ClN4O2/c1-3-4-7-20-13(16)12(10(2)18-20)15(22)19-8-5-11(6-9-19)14(17)21/h11H,3-9H2,1-2H3,(H2,17,21). The van der Waals surface area contributed by atoms with E-state index < -0.39 is 0 Å². The van der Waals surface area contributed by atoms with E-state index in [1.165, 1.54) is 0 Å². The van der Waals surface area contributed by atoms with Crippen LogP contribution in [0.15, 0.2) is 0 Å². The molecule has 0 radical (unpaired) electrons. The molecule has 0 unspecified atom stereocenters. The molecule has 0 spiro atoms. The van der Waals surface area contributed by atoms with Crippen molar-refractivity contribution >= 4 is 23.4 Å². The first-order valence-corrected chi connectivity index (χ1v) is 8.15. The van der Waals surface area contributed by atoms with Crippen LogP contribution < -0.4 is 5.73 Å². The van der Waals surface area contributed by atoms with Crippen LogP contribution in [-0.4, -0.2) is 39.6 Å². The number of halogens is 1. The monoisotopic (exact) mass is 326 g/mol. The molecule has 1 saturated heterocycles. The lowest BCUT2D eigenvalue weighted by atomic mass is 9.96. The first-order chi connectivity index (χ1) is 10.5. The zero-order valence-corrected chi connectivity index (χ0v) is 13.9. The lowest BCUT2D eigenvalue weighted by molar-refractivity contribution is -0.123. The second kappa shape index (κ2) is 7.13. The molecule has 2 heterocycles. The number of amides is 2. The van der Waals surface area contributed by atoms with Gasteiger partial charge in [0.05, 0.1) is 11.3 Å². The lowest BCUT2D eigenvalue weighted by Gasteiger charge is -2.30. The van der Waals surface area contributed by atoms with E-state index in [1.807, 2.05) is 0 Å². The van der Waals surface area contributed by atoms with Crippen molar-refractivity contribution in [1.29, 1.82) is 0 Å². The number of carbonyl (C=O) groups is 2. The molecule has 2 amide bonds. The summed E-state index contributed by atoms with van der Waals surface area (Å²) in [5.74, 6) is -0.519. The SMILES string of the molecule is CCCCn1nc(C)c(C(=O)N2CCC(C(N)=O)CC2)c1Cl. The van der Waals surface area contributed by atoms with Gasteiger partial charge >= 0.3 is 0 Å². The van der Waals surface area contributed by atoms with E-state index in [0.717, 1.165) is 12.8 Å². The van der Waals surface area contributed by atoms with Crippen LogP contribution in [0.25, 0.3) is 0 Å². The van der Waals surface area contributed by atoms with E-state index in [9.17, 15) is 9.59 Å². The number of likely N-dealkylation sites (tertiary alicyclic amines) is 1. The second-order valence-corrected chi connectivity index (χ2v) is 6.15. The van der Waals surface area contributed by atoms with E-state index in [0.29, 0.717) is 48.9 Å². The average molecular weight is 327 g/mol. The summed E-state index contributed by atoms with van der Waals surface area (Å²) in [6.45, 7) is 5.68. The van der Waals surface area contributed by atoms with Crippen LogP contribution in [0.2, 0.25) is 5.15 Å². The molecule has 0 aromatic carbocycles. The van der Waals surface area contributed by atoms with Crippen LogP contribution in [0.1, 0.15) is 48.7 Å². The number of unbranched alkanes of at least 4 members (excludes halogenated alkanes) is 1. The molecule has 22 heavy (non-hydrogen) atoms. The maximum Gasteiger partial charge on any atom is 0.258 e. The summed E-state index contributed by atoms with van der Waals surface area (Å²) in [5.41, 5.74) is 6.46. The van der Waals surface area contributed by atoms with Crippen LogP contribution in [0.5, 0.6) is 0 Å². The molecule has 2 N–H and O–H groups in total. The zero-order chi connectivity index (χ0) is 16.3. The summed E-state index contributed by atoms with van der Waals surface area (Å²) in [4.78, 5) is 25.6. The molecule has 0 saturated carbocycles. The number of aromatic nitrogens is 2. The van der Waals surface area contributed by atoms with Gasteiger partial charge in [0.1, 0.15) is 5.15 Å². The van der Waals surface area contributed by atoms with Crippen molar-refractivity contribution in [1.82, 2.24) is 14.7 Å². The third kappa shape index (κ3) is 3.43. The van der Waals surface area contributed by atoms with E-state index in [4.69, 9.17) is 17.3 Å². The highest BCUT2D eigenvalue weighted by Crippen LogP contribution is 2.25. The third-order valence-electron chi connectivity index (χ3n) is 4.19. The number of carbonyl (C=O) groups excluding carboxylic acids is 2. The lowest BCUT2D eigenvalue weighted by Crippen LogP contribution is -2.41. The highest BCUT2D eigenvalue weighted by atomic mass is 35.5. The molecule has 0 atom stereocenters. The Morgan fingerprint density at radius 3 is 2.55 bits per heavy atom. The van der Waals surface area contributed by atoms with Gasteiger partial charge in [-0.3, -0.25) is 14.3 Å². The largest absolute Gasteiger partial charge is 0.369 e. The molecular formula is C15H23ClN4O2. The third-order valence-corrected chi connectivity index (χ3v) is 4.57. The molecular weight excluding hydrogens is 304 g/mol. The Bertz CT molecular complexity index is 562. The number of nitrogens with zero attached hydrogens (tertiary/aromatic N) is 3. The summed E-state index contributed by atoms with van der Waals surface area (Å²) in [7, 11) is 0. The Hall–Kier alpha value is -1.56. The van der Waals surface area contributed by atoms with E-state index in [-0.39, 0.29) is 17.7 Å². The minimum atomic E-state index is -0.284. The number of hydrogen-bond donors (Lipinski definition) is 1. The Kier molecular flexibility index (Phi) is 5.45. The van der Waals surface area contributed by atoms with Crippen LogP contribution in [0.3, 0.4) is 0 Å². The van der Waals surface area contributed by atoms with Crippen molar-refractivity contribution in [2.45, 2.75) is 46.1 Å². The average Bonchev–Trinajstić information content (AvgIpc) is 2.78. The van der Waals surface area contributed by atoms with Gasteiger partial charge in [-0.15, -0.1) is 0 Å². The Morgan fingerprint density at radius 1 is 1.36 bits per heavy atom. The van der Waals surface area contributed by atoms with E-state index in [2.05, 4.69) is 12.0 Å². The van der Waals surface area contributed by atoms with E-state index in [1.54, 1.807) is 16.5 Å². The van der Waals surface area contributed by atoms with Crippen molar-refractivity contribution < 1.29 is 9.59 Å². The van der Waals surface area contributed by atoms with Gasteiger partial charge in [-0.1, -0.05) is 24.9 Å². The number of nitrogens with two attached hydrogens (primary N) is 1. The van der Waals surface area contributed by atoms with Gasteiger partial charge in [-0.25, -0.2) is 0 Å². The normalized spacial score (nSPS) is 16.0. The molecule has 7 heteroatoms. The second-order valence-electron chi connectivity index (χ2n) is 5.80. The quantitative estimate of drug-likeness (QED) is 0.898. The van der Waals surface area contributed by atoms with Gasteiger partial charge in [0.25, 0.3) is 5.91 Å². The zero-order valence-electron chi connectivity index (χ0n) is 13.1. The summed E-state index contributed by atoms with van der Waals surface area (Å²) in [6, 6.07) is 0. The minimum absolute atomic E-state index is 0.104. The fourth-order valence-electron chi connectivity index (χ4n) is 2.78. The smallest absolute Gasteiger partial charge is 0.258 e. The van der Waals surface area contributed by atoms with Crippen LogP contribution in [0.4, 0.5) is 0 Å². The summed E-state index contributed by atoms with van der Waals surface area (Å²) in [5, 5.41) is 4.78. The highest BCUT2D eigenvalue weighted by molar-refractivity contribution is 6.33. The maximum absolute atomic E-state index is 12.7. The number of aryl methyl sites for hydroxylation is 2. The predicted molar refractivity (Wildman–Crippen MR) is 84.7 cm³/mol. The summed E-state index contributed by atoms with van der Waals surface area (Å²) < 4.78 is 1.70. The Labute approximate surface area is 135 Å². The molecule has 0 bridgehead atoms. The predicted octanol–water partition coefficient (Wildman–Crippen LogP) is 1.98. The molecule has 0 aliphatic carbocycles. The first-order valence-electron chi connectivity index (χ1n) is 7.77. The van der Waals surface area contributed by atoms with Crippen LogP contribution >= 0.6 is 11.6 Å². The summed E-state index contributed by atoms with van der Waals surface area (Å²) in [6.07, 6.45) is 3.24. The number of primary amides is 1. The van der Waals surface area contributed by atoms with E-state index >= 15 is 0 Å². The van der Waals surface area contributed by atoms with Crippen molar-refractivity contribution in [2.75, 3.05) is 13.1 Å². The van der Waals surface area contributed by atoms with Crippen molar-refractivity contribution in [3.63, 3.8) is 0 Å². The number of rotatable bonds is 5. The fourth-order valence-corrected chi connectivity index (χ4v) is 3.12. The van der Waals surface area contributed by atoms with Crippen molar-refractivity contribution in [2.24, 2.45) is 11.7 Å². The molecule has 1 fully saturated rings. The molecule has 122 valence electrons. The first kappa shape index (κ1) is 16.8. The van der Waals surface area contributed by atoms with Gasteiger partial charge in [0.15, 0.2) is 0 Å². The Morgan fingerprint density at radius 2 is 2.00 bits per heavy atom. The summed E-state index contributed by atoms with van der Waals surface area (Å²) >= 11 is 6.34. The number of piperidine rings is 1. The topological polar surface area (TPSA) is 81.2 Å². The van der Waals surface area contributed by atoms with Gasteiger partial charge < -0.3 is 10.6 Å². The van der Waals surface area contributed by atoms with Gasteiger partial charge in [-0.05, 0) is 26.2 Å². The molecule has 1 aliphatic heterocycles. The maximum atomic E-state index is 12.7. The highest BCUT2D eigenvalue weighted by Gasteiger charge is 2.29. The number of hydrogen-bond acceptors (Lipinski definition) is 3. The molecule has 1 aromatic heterocycles. The molecule has 2 rings (SSSR count). The molecule has 6 nitrogen and oxygen atoms in total. The van der Waals surface area contributed by atoms with Crippen LogP contribution in [-0.2, 0) is 11.3 Å². The van der Waals surface area contributed by atoms with Crippen molar-refractivity contribution in [3.8, 4) is 0 Å². The van der Waals surface area contributed by atoms with Crippen molar-refractivity contribution in [3.05, 3.63) is 16.4 Å². The molecule has 1 aromatic rings. The van der Waals surface area contributed by atoms with Crippen LogP contribution in [0, 0.1) is 12.8 Å². The van der Waals surface area contributed by atoms with Gasteiger partial charge in [0.2, 0.25) is 5.91 Å². The van der Waals surface area contributed by atoms with Gasteiger partial charge in [-0.2, -0.15) is 5.10 Å². The molecule has 1 aliphatic rings.